The topological polar surface area (TPSA) is 69.6 Å². The molecule has 2 N–H and O–H groups in total. The van der Waals surface area contributed by atoms with E-state index >= 15 is 0 Å². The number of anilines is 2. The highest BCUT2D eigenvalue weighted by Gasteiger charge is 2.27. The van der Waals surface area contributed by atoms with Crippen LogP contribution in [0.5, 0.6) is 5.75 Å². The molecule has 0 fully saturated rings. The van der Waals surface area contributed by atoms with Gasteiger partial charge < -0.3 is 10.4 Å². The van der Waals surface area contributed by atoms with Crippen LogP contribution in [0.25, 0.3) is 0 Å². The van der Waals surface area contributed by atoms with Crippen LogP contribution >= 0.6 is 0 Å². The van der Waals surface area contributed by atoms with E-state index in [4.69, 9.17) is 0 Å². The maximum absolute atomic E-state index is 13.4. The van der Waals surface area contributed by atoms with Crippen LogP contribution < -0.4 is 9.62 Å². The van der Waals surface area contributed by atoms with E-state index in [9.17, 15) is 13.5 Å². The molecule has 27 heavy (non-hydrogen) atoms. The van der Waals surface area contributed by atoms with Crippen molar-refractivity contribution in [1.29, 1.82) is 0 Å². The summed E-state index contributed by atoms with van der Waals surface area (Å²) in [5, 5.41) is 13.4. The Labute approximate surface area is 160 Å². The van der Waals surface area contributed by atoms with E-state index in [2.05, 4.69) is 5.32 Å². The molecule has 3 aromatic carbocycles. The van der Waals surface area contributed by atoms with Crippen molar-refractivity contribution in [3.8, 4) is 5.75 Å². The summed E-state index contributed by atoms with van der Waals surface area (Å²) in [6.45, 7) is 2.02. The molecule has 0 spiro atoms. The lowest BCUT2D eigenvalue weighted by molar-refractivity contribution is 0.475. The molecule has 0 radical (unpaired) electrons. The third-order valence-electron chi connectivity index (χ3n) is 4.31. The fourth-order valence-corrected chi connectivity index (χ4v) is 4.24. The molecule has 0 aromatic heterocycles. The molecule has 0 bridgehead atoms. The number of rotatable bonds is 6. The summed E-state index contributed by atoms with van der Waals surface area (Å²) >= 11 is 0. The molecule has 3 rings (SSSR count). The Morgan fingerprint density at radius 2 is 1.63 bits per heavy atom. The normalized spacial score (nSPS) is 11.2. The first-order chi connectivity index (χ1) is 12.9. The van der Waals surface area contributed by atoms with E-state index < -0.39 is 10.0 Å². The van der Waals surface area contributed by atoms with E-state index in [0.717, 1.165) is 11.1 Å². The van der Waals surface area contributed by atoms with Gasteiger partial charge in [0.05, 0.1) is 17.1 Å². The van der Waals surface area contributed by atoms with Crippen LogP contribution in [0.15, 0.2) is 77.7 Å². The van der Waals surface area contributed by atoms with Gasteiger partial charge in [-0.3, -0.25) is 4.31 Å². The highest BCUT2D eigenvalue weighted by molar-refractivity contribution is 7.92. The van der Waals surface area contributed by atoms with Gasteiger partial charge in [0.1, 0.15) is 5.75 Å². The van der Waals surface area contributed by atoms with Crippen LogP contribution in [0.1, 0.15) is 11.1 Å². The van der Waals surface area contributed by atoms with Gasteiger partial charge in [0.15, 0.2) is 0 Å². The number of hydrogen-bond donors (Lipinski definition) is 2. The second-order valence-corrected chi connectivity index (χ2v) is 8.13. The summed E-state index contributed by atoms with van der Waals surface area (Å²) in [6, 6.07) is 20.9. The highest BCUT2D eigenvalue weighted by Crippen LogP contribution is 2.35. The molecular weight excluding hydrogens is 360 g/mol. The Kier molecular flexibility index (Phi) is 5.37. The summed E-state index contributed by atoms with van der Waals surface area (Å²) in [5.74, 6) is -0.103. The van der Waals surface area contributed by atoms with Gasteiger partial charge in [0.25, 0.3) is 10.0 Å². The van der Waals surface area contributed by atoms with Gasteiger partial charge in [0.2, 0.25) is 0 Å². The third-order valence-corrected chi connectivity index (χ3v) is 6.08. The summed E-state index contributed by atoms with van der Waals surface area (Å²) in [6.07, 6.45) is 0. The van der Waals surface area contributed by atoms with E-state index in [1.165, 1.54) is 10.4 Å². The number of hydrogen-bond acceptors (Lipinski definition) is 4. The number of sulfonamides is 1. The number of phenols is 1. The Balaban J connectivity index is 2.11. The van der Waals surface area contributed by atoms with Crippen molar-refractivity contribution in [2.24, 2.45) is 0 Å². The van der Waals surface area contributed by atoms with Crippen LogP contribution in [0.2, 0.25) is 0 Å². The van der Waals surface area contributed by atoms with Crippen LogP contribution in [-0.2, 0) is 16.6 Å². The first-order valence-corrected chi connectivity index (χ1v) is 10.00. The Hall–Kier alpha value is -2.99. The lowest BCUT2D eigenvalue weighted by atomic mass is 10.2. The van der Waals surface area contributed by atoms with Crippen LogP contribution in [0, 0.1) is 6.92 Å². The minimum absolute atomic E-state index is 0.103. The lowest BCUT2D eigenvalue weighted by Crippen LogP contribution is -2.30. The van der Waals surface area contributed by atoms with E-state index in [0.29, 0.717) is 5.69 Å². The van der Waals surface area contributed by atoms with Crippen molar-refractivity contribution in [1.82, 2.24) is 0 Å². The van der Waals surface area contributed by atoms with Gasteiger partial charge in [0, 0.05) is 18.8 Å². The molecule has 6 heteroatoms. The van der Waals surface area contributed by atoms with Gasteiger partial charge in [-0.15, -0.1) is 0 Å². The van der Waals surface area contributed by atoms with Gasteiger partial charge in [-0.05, 0) is 36.8 Å². The van der Waals surface area contributed by atoms with Crippen molar-refractivity contribution in [2.45, 2.75) is 18.4 Å². The van der Waals surface area contributed by atoms with E-state index in [-0.39, 0.29) is 22.9 Å². The smallest absolute Gasteiger partial charge is 0.264 e. The van der Waals surface area contributed by atoms with E-state index in [1.807, 2.05) is 37.3 Å². The third kappa shape index (κ3) is 4.06. The van der Waals surface area contributed by atoms with E-state index in [1.54, 1.807) is 43.4 Å². The number of phenolic OH excluding ortho intramolecular Hbond substituents is 1. The average molecular weight is 382 g/mol. The van der Waals surface area contributed by atoms with Crippen molar-refractivity contribution in [3.05, 3.63) is 83.9 Å². The predicted molar refractivity (Wildman–Crippen MR) is 109 cm³/mol. The number of aromatic hydroxyl groups is 1. The minimum atomic E-state index is -3.86. The van der Waals surface area contributed by atoms with Crippen LogP contribution in [-0.4, -0.2) is 20.6 Å². The average Bonchev–Trinajstić information content (AvgIpc) is 2.67. The fraction of sp³-hybridized carbons (Fsp3) is 0.143. The number of nitrogens with one attached hydrogen (secondary N) is 1. The SMILES string of the molecule is CNc1ccc(N(Cc2ccccc2)S(=O)(=O)c2ccc(C)cc2)c(O)c1. The summed E-state index contributed by atoms with van der Waals surface area (Å²) < 4.78 is 27.9. The van der Waals surface area contributed by atoms with Crippen molar-refractivity contribution in [2.75, 3.05) is 16.7 Å². The van der Waals surface area contributed by atoms with Gasteiger partial charge >= 0.3 is 0 Å². The first kappa shape index (κ1) is 18.8. The second-order valence-electron chi connectivity index (χ2n) is 6.26. The van der Waals surface area contributed by atoms with Crippen molar-refractivity contribution >= 4 is 21.4 Å². The Morgan fingerprint density at radius 3 is 2.22 bits per heavy atom. The highest BCUT2D eigenvalue weighted by atomic mass is 32.2. The molecule has 5 nitrogen and oxygen atoms in total. The van der Waals surface area contributed by atoms with Crippen LogP contribution in [0.4, 0.5) is 11.4 Å². The molecule has 3 aromatic rings. The maximum Gasteiger partial charge on any atom is 0.264 e. The molecule has 140 valence electrons. The zero-order valence-corrected chi connectivity index (χ0v) is 16.1. The number of benzene rings is 3. The molecule has 0 aliphatic carbocycles. The van der Waals surface area contributed by atoms with Gasteiger partial charge in [-0.25, -0.2) is 8.42 Å². The van der Waals surface area contributed by atoms with Gasteiger partial charge in [-0.2, -0.15) is 0 Å². The Morgan fingerprint density at radius 1 is 0.963 bits per heavy atom. The minimum Gasteiger partial charge on any atom is -0.506 e. The fourth-order valence-electron chi connectivity index (χ4n) is 2.78. The molecule has 0 atom stereocenters. The van der Waals surface area contributed by atoms with Crippen molar-refractivity contribution < 1.29 is 13.5 Å². The number of aryl methyl sites for hydroxylation is 1. The summed E-state index contributed by atoms with van der Waals surface area (Å²) in [5.41, 5.74) is 2.73. The first-order valence-electron chi connectivity index (χ1n) is 8.56. The zero-order valence-electron chi connectivity index (χ0n) is 15.3. The molecule has 0 amide bonds. The maximum atomic E-state index is 13.4. The summed E-state index contributed by atoms with van der Waals surface area (Å²) in [7, 11) is -2.12. The molecule has 0 aliphatic rings. The molecule has 0 unspecified atom stereocenters. The lowest BCUT2D eigenvalue weighted by Gasteiger charge is -2.26. The molecule has 0 saturated heterocycles. The molecular formula is C21H22N2O3S. The van der Waals surface area contributed by atoms with Crippen molar-refractivity contribution in [3.63, 3.8) is 0 Å². The largest absolute Gasteiger partial charge is 0.506 e. The molecule has 0 saturated carbocycles. The predicted octanol–water partition coefficient (Wildman–Crippen LogP) is 4.14. The Bertz CT molecular complexity index is 1020. The standard InChI is InChI=1S/C21H22N2O3S/c1-16-8-11-19(12-9-16)27(25,26)23(15-17-6-4-3-5-7-17)20-13-10-18(22-2)14-21(20)24/h3-14,22,24H,15H2,1-2H3. The zero-order chi connectivity index (χ0) is 19.4. The quantitative estimate of drug-likeness (QED) is 0.672. The molecule has 0 aliphatic heterocycles. The molecule has 0 heterocycles. The summed E-state index contributed by atoms with van der Waals surface area (Å²) in [4.78, 5) is 0.182. The number of nitrogens with zero attached hydrogens (tertiary/aromatic N) is 1. The second kappa shape index (κ2) is 7.72. The monoisotopic (exact) mass is 382 g/mol. The van der Waals surface area contributed by atoms with Gasteiger partial charge in [-0.1, -0.05) is 48.0 Å². The van der Waals surface area contributed by atoms with Crippen LogP contribution in [0.3, 0.4) is 0 Å².